The summed E-state index contributed by atoms with van der Waals surface area (Å²) in [5, 5.41) is 80.6. The highest BCUT2D eigenvalue weighted by Gasteiger charge is 2.27. The normalized spacial score (nSPS) is 14.9. The van der Waals surface area contributed by atoms with E-state index in [4.69, 9.17) is 75.5 Å². The first-order valence-corrected chi connectivity index (χ1v) is 34.3. The maximum Gasteiger partial charge on any atom is 0.335 e. The molecular formula is C77H94N4O28. The van der Waals surface area contributed by atoms with Crippen molar-refractivity contribution in [2.75, 3.05) is 44.8 Å². The Morgan fingerprint density at radius 2 is 0.963 bits per heavy atom. The lowest BCUT2D eigenvalue weighted by Gasteiger charge is -2.27. The number of carboxylic acids is 4. The molecule has 2 aliphatic rings. The molecule has 590 valence electrons. The largest absolute Gasteiger partial charge is 0.490 e. The topological polar surface area (TPSA) is 504 Å². The van der Waals surface area contributed by atoms with Gasteiger partial charge in [0.25, 0.3) is 29.6 Å². The number of hydrogen-bond acceptors (Lipinski definition) is 24. The third-order valence-electron chi connectivity index (χ3n) is 15.5. The molecule has 2 fully saturated rings. The predicted molar refractivity (Wildman–Crippen MR) is 387 cm³/mol. The number of carbonyl (C=O) groups excluding carboxylic acids is 6. The van der Waals surface area contributed by atoms with E-state index >= 15 is 0 Å². The van der Waals surface area contributed by atoms with Crippen LogP contribution in [0.3, 0.4) is 0 Å². The van der Waals surface area contributed by atoms with Crippen LogP contribution in [0.25, 0.3) is 0 Å². The molecule has 5 unspecified atom stereocenters. The average molecular weight is 1520 g/mol. The Bertz CT molecular complexity index is 3900. The molecule has 0 spiro atoms. The Morgan fingerprint density at radius 3 is 1.42 bits per heavy atom. The van der Waals surface area contributed by atoms with Crippen molar-refractivity contribution in [1.82, 2.24) is 16.0 Å². The van der Waals surface area contributed by atoms with Gasteiger partial charge in [0.05, 0.1) is 106 Å². The molecule has 12 N–H and O–H groups in total. The minimum absolute atomic E-state index is 0.0111. The number of Topliss-reactive ketones (excluding diaryl/α,β-unsaturated/α-hetero) is 2. The molecule has 0 bridgehead atoms. The number of aliphatic hydroxyl groups is 4. The van der Waals surface area contributed by atoms with Crippen LogP contribution in [0, 0.1) is 22.7 Å². The number of ether oxygens (including phenoxy) is 2. The molecular weight excluding hydrogens is 1430 g/mol. The van der Waals surface area contributed by atoms with Crippen molar-refractivity contribution in [2.45, 2.75) is 123 Å². The Hall–Kier alpha value is -12.0. The minimum atomic E-state index is -1.09. The first-order valence-electron chi connectivity index (χ1n) is 34.3. The zero-order chi connectivity index (χ0) is 80.2. The maximum atomic E-state index is 11.7. The molecule has 11 rings (SSSR count). The third kappa shape index (κ3) is 36.2. The number of benzene rings is 1. The summed E-state index contributed by atoms with van der Waals surface area (Å²) < 4.78 is 49.5. The number of carbonyl (C=O) groups is 10. The van der Waals surface area contributed by atoms with E-state index in [0.29, 0.717) is 60.8 Å². The van der Waals surface area contributed by atoms with Crippen LogP contribution in [-0.4, -0.2) is 158 Å². The lowest BCUT2D eigenvalue weighted by Crippen LogP contribution is -2.38. The molecule has 8 aromatic heterocycles. The predicted octanol–water partition coefficient (Wildman–Crippen LogP) is 11.5. The van der Waals surface area contributed by atoms with Gasteiger partial charge in [0.15, 0.2) is 46.1 Å². The Labute approximate surface area is 626 Å². The van der Waals surface area contributed by atoms with Crippen molar-refractivity contribution in [3.63, 3.8) is 0 Å². The van der Waals surface area contributed by atoms with Crippen molar-refractivity contribution in [3.05, 3.63) is 212 Å². The molecule has 0 saturated heterocycles. The van der Waals surface area contributed by atoms with Crippen molar-refractivity contribution >= 4 is 64.8 Å². The Morgan fingerprint density at radius 1 is 0.477 bits per heavy atom. The van der Waals surface area contributed by atoms with Gasteiger partial charge in [0.1, 0.15) is 25.1 Å². The minimum Gasteiger partial charge on any atom is -0.490 e. The number of aromatic carboxylic acids is 1. The van der Waals surface area contributed by atoms with Crippen molar-refractivity contribution in [3.8, 4) is 11.7 Å². The van der Waals surface area contributed by atoms with Crippen LogP contribution in [0.5, 0.6) is 11.7 Å². The Kier molecular flexibility index (Phi) is 39.6. The molecule has 8 heterocycles. The standard InChI is InChI=1S/C13H18O3.C12H9NO4.C11H15NO3.2C9H14O3.C8H9NO4.C8H8O4.C7H7NO4/c14-12-4-2-1-3-10(12)5-6-13(15)11-7-8-16-9-11;14-11(10-2-1-7-17-10)13-9-5-3-8(4-6-9)12(15)16;13-9-4-1-3-8(9)7-12-11(14)10-5-2-6-15-10;1-9(2,6-10)7-12-8-3-4-11-5-8;1-9(2,6-10)7-12-8-4-3-5-11-8;1-5(8(11)12)9-7(10)6-3-2-4-13-6;9-6(3-4-8(10)11)7-2-1-5-12-7;9-6(10)4-8-7(11)5-2-1-3-12-5/h7-10,12,14H,1-6H2;1-7H,(H,13,14)(H,15,16);2,5-6,8-9,13H,1,3-4,7H2,(H,12,14);2*3-5,10H,6-7H2,1-2H3;2-5H,1H3,(H,9,10)(H,11,12);1-2,5H,3-4H2,(H,10,11);1-3H,4H2,(H,8,11)(H,9,10). The number of furan rings is 8. The number of anilines is 1. The van der Waals surface area contributed by atoms with E-state index in [2.05, 4.69) is 21.3 Å². The van der Waals surface area contributed by atoms with E-state index < -0.39 is 48.3 Å². The van der Waals surface area contributed by atoms with Crippen LogP contribution < -0.4 is 30.7 Å². The lowest BCUT2D eigenvalue weighted by atomic mass is 9.83. The molecule has 2 aliphatic carbocycles. The van der Waals surface area contributed by atoms with Gasteiger partial charge in [-0.05, 0) is 142 Å². The van der Waals surface area contributed by atoms with Crippen LogP contribution in [0.2, 0.25) is 0 Å². The van der Waals surface area contributed by atoms with Crippen LogP contribution in [-0.2, 0) is 14.4 Å². The number of rotatable bonds is 28. The zero-order valence-corrected chi connectivity index (χ0v) is 60.8. The summed E-state index contributed by atoms with van der Waals surface area (Å²) >= 11 is 0. The van der Waals surface area contributed by atoms with Crippen LogP contribution >= 0.6 is 0 Å². The summed E-state index contributed by atoms with van der Waals surface area (Å²) in [4.78, 5) is 109. The van der Waals surface area contributed by atoms with Gasteiger partial charge >= 0.3 is 23.9 Å². The number of aliphatic carboxylic acids is 3. The van der Waals surface area contributed by atoms with E-state index in [0.717, 1.165) is 44.9 Å². The fourth-order valence-electron chi connectivity index (χ4n) is 9.16. The van der Waals surface area contributed by atoms with Gasteiger partial charge in [-0.25, -0.2) is 4.79 Å². The first kappa shape index (κ1) is 89.4. The second kappa shape index (κ2) is 48.3. The van der Waals surface area contributed by atoms with Gasteiger partial charge in [0, 0.05) is 54.0 Å². The average Bonchev–Trinajstić information content (AvgIpc) is 1.68. The molecule has 32 heteroatoms. The van der Waals surface area contributed by atoms with Gasteiger partial charge in [-0.15, -0.1) is 0 Å². The van der Waals surface area contributed by atoms with Crippen LogP contribution in [0.1, 0.15) is 179 Å². The van der Waals surface area contributed by atoms with Gasteiger partial charge in [-0.1, -0.05) is 47.0 Å². The molecule has 32 nitrogen and oxygen atoms in total. The van der Waals surface area contributed by atoms with Crippen LogP contribution in [0.4, 0.5) is 5.69 Å². The zero-order valence-electron chi connectivity index (χ0n) is 60.8. The second-order valence-electron chi connectivity index (χ2n) is 25.8. The first-order chi connectivity index (χ1) is 52.0. The third-order valence-corrected chi connectivity index (χ3v) is 15.5. The summed E-state index contributed by atoms with van der Waals surface area (Å²) in [6, 6.07) is 27.5. The summed E-state index contributed by atoms with van der Waals surface area (Å²) in [5.74, 6) is -3.29. The van der Waals surface area contributed by atoms with E-state index in [1.165, 1.54) is 106 Å². The molecule has 0 radical (unpaired) electrons. The Balaban J connectivity index is 0.000000264. The molecule has 2 saturated carbocycles. The highest BCUT2D eigenvalue weighted by atomic mass is 16.6. The molecule has 1 aromatic carbocycles. The fraction of sp³-hybridized carbons (Fsp3) is 0.377. The van der Waals surface area contributed by atoms with Gasteiger partial charge < -0.3 is 107 Å². The number of ketones is 2. The summed E-state index contributed by atoms with van der Waals surface area (Å²) in [7, 11) is 0. The van der Waals surface area contributed by atoms with Crippen LogP contribution in [0.15, 0.2) is 207 Å². The summed E-state index contributed by atoms with van der Waals surface area (Å²) in [6.45, 7) is 10.4. The highest BCUT2D eigenvalue weighted by Crippen LogP contribution is 2.29. The van der Waals surface area contributed by atoms with Crippen molar-refractivity contribution < 1.29 is 134 Å². The molecule has 109 heavy (non-hydrogen) atoms. The van der Waals surface area contributed by atoms with Crippen molar-refractivity contribution in [2.24, 2.45) is 22.7 Å². The molecule has 9 aromatic rings. The monoisotopic (exact) mass is 1520 g/mol. The molecule has 4 amide bonds. The van der Waals surface area contributed by atoms with Gasteiger partial charge in [-0.2, -0.15) is 0 Å². The SMILES string of the molecule is CC(C)(CO)COc1ccco1.CC(C)(CO)COc1ccoc1.CC(NC(=O)c1ccco1)C(=O)O.O=C(CCC1CCCCC1O)c1ccoc1.O=C(NCC1CCCC1O)c1ccco1.O=C(O)CCC(=O)c1ccco1.O=C(O)CNC(=O)c1ccco1.O=C(O)c1ccc(NC(=O)c2ccco2)cc1. The number of hydrogen-bond donors (Lipinski definition) is 12. The number of amides is 4. The fourth-order valence-corrected chi connectivity index (χ4v) is 9.16. The smallest absolute Gasteiger partial charge is 0.335 e. The molecule has 0 aliphatic heterocycles. The number of aliphatic hydroxyl groups excluding tert-OH is 4. The summed E-state index contributed by atoms with van der Waals surface area (Å²) in [5.41, 5.74) is 0.909. The second-order valence-corrected chi connectivity index (χ2v) is 25.8. The van der Waals surface area contributed by atoms with E-state index in [1.807, 2.05) is 27.7 Å². The van der Waals surface area contributed by atoms with E-state index in [-0.39, 0.29) is 107 Å². The highest BCUT2D eigenvalue weighted by molar-refractivity contribution is 6.02. The van der Waals surface area contributed by atoms with Gasteiger partial charge in [0.2, 0.25) is 0 Å². The van der Waals surface area contributed by atoms with Gasteiger partial charge in [-0.3, -0.25) is 43.2 Å². The van der Waals surface area contributed by atoms with Crippen molar-refractivity contribution in [1.29, 1.82) is 0 Å². The maximum absolute atomic E-state index is 11.7. The van der Waals surface area contributed by atoms with E-state index in [1.54, 1.807) is 79.3 Å². The lowest BCUT2D eigenvalue weighted by molar-refractivity contribution is -0.139. The summed E-state index contributed by atoms with van der Waals surface area (Å²) in [6.07, 6.45) is 22.4. The quantitative estimate of drug-likeness (QED) is 0.0203. The number of carboxylic acid groups (broad SMARTS) is 4. The molecule has 5 atom stereocenters. The number of nitrogens with one attached hydrogen (secondary N) is 4. The van der Waals surface area contributed by atoms with E-state index in [9.17, 15) is 58.2 Å².